The third kappa shape index (κ3) is 4.79. The van der Waals surface area contributed by atoms with E-state index in [0.717, 1.165) is 12.0 Å². The summed E-state index contributed by atoms with van der Waals surface area (Å²) < 4.78 is 5.20. The molecule has 0 unspecified atom stereocenters. The molecule has 0 amide bonds. The Bertz CT molecular complexity index is 520. The highest BCUT2D eigenvalue weighted by Gasteiger charge is 2.41. The van der Waals surface area contributed by atoms with Crippen LogP contribution in [-0.2, 0) is 14.3 Å². The normalized spacial score (nSPS) is 26.0. The number of ketones is 1. The van der Waals surface area contributed by atoms with Crippen molar-refractivity contribution in [2.75, 3.05) is 0 Å². The predicted molar refractivity (Wildman–Crippen MR) is 95.4 cm³/mol. The average molecular weight is 336 g/mol. The van der Waals surface area contributed by atoms with Gasteiger partial charge in [0.1, 0.15) is 11.9 Å². The summed E-state index contributed by atoms with van der Waals surface area (Å²) in [5, 5.41) is 10.2. The van der Waals surface area contributed by atoms with Gasteiger partial charge in [-0.05, 0) is 38.2 Å². The van der Waals surface area contributed by atoms with Gasteiger partial charge < -0.3 is 9.84 Å². The van der Waals surface area contributed by atoms with Crippen LogP contribution >= 0.6 is 0 Å². The van der Waals surface area contributed by atoms with Gasteiger partial charge in [0.2, 0.25) is 0 Å². The van der Waals surface area contributed by atoms with E-state index >= 15 is 0 Å². The van der Waals surface area contributed by atoms with E-state index in [9.17, 15) is 14.7 Å². The molecule has 0 aromatic heterocycles. The van der Waals surface area contributed by atoms with Crippen molar-refractivity contribution in [3.63, 3.8) is 0 Å². The lowest BCUT2D eigenvalue weighted by atomic mass is 9.83. The van der Waals surface area contributed by atoms with Crippen molar-refractivity contribution in [3.8, 4) is 0 Å². The minimum atomic E-state index is -0.784. The SMILES string of the molecule is C=C(CC)[C@@H](O)[C@H](C)C(=O)[C@H](C)/C=C(\C)C[C@H](C)[C@@H]1OC(=O)[C@H]1C. The van der Waals surface area contributed by atoms with E-state index in [1.54, 1.807) is 6.92 Å². The van der Waals surface area contributed by atoms with Gasteiger partial charge >= 0.3 is 5.97 Å². The zero-order chi connectivity index (χ0) is 18.6. The van der Waals surface area contributed by atoms with Crippen LogP contribution in [0.3, 0.4) is 0 Å². The van der Waals surface area contributed by atoms with Crippen LogP contribution in [0.1, 0.15) is 54.4 Å². The Morgan fingerprint density at radius 3 is 2.42 bits per heavy atom. The molecule has 1 aliphatic rings. The topological polar surface area (TPSA) is 63.6 Å². The molecule has 136 valence electrons. The molecule has 4 nitrogen and oxygen atoms in total. The van der Waals surface area contributed by atoms with Crippen molar-refractivity contribution >= 4 is 11.8 Å². The Kier molecular flexibility index (Phi) is 7.40. The number of aliphatic hydroxyl groups is 1. The molecule has 1 saturated heterocycles. The molecule has 6 atom stereocenters. The van der Waals surface area contributed by atoms with Gasteiger partial charge in [0.15, 0.2) is 0 Å². The van der Waals surface area contributed by atoms with Crippen molar-refractivity contribution in [1.82, 2.24) is 0 Å². The van der Waals surface area contributed by atoms with Gasteiger partial charge in [-0.1, -0.05) is 45.9 Å². The number of cyclic esters (lactones) is 1. The molecule has 0 bridgehead atoms. The molecule has 0 saturated carbocycles. The molecular weight excluding hydrogens is 304 g/mol. The second kappa shape index (κ2) is 8.61. The molecule has 0 aromatic carbocycles. The molecule has 1 rings (SSSR count). The van der Waals surface area contributed by atoms with Gasteiger partial charge in [-0.15, -0.1) is 0 Å². The first-order valence-electron chi connectivity index (χ1n) is 8.87. The fourth-order valence-corrected chi connectivity index (χ4v) is 3.35. The summed E-state index contributed by atoms with van der Waals surface area (Å²) in [6, 6.07) is 0. The quantitative estimate of drug-likeness (QED) is 0.515. The van der Waals surface area contributed by atoms with Gasteiger partial charge in [-0.25, -0.2) is 0 Å². The third-order valence-corrected chi connectivity index (χ3v) is 5.10. The number of carbonyl (C=O) groups excluding carboxylic acids is 2. The highest BCUT2D eigenvalue weighted by Crippen LogP contribution is 2.32. The maximum atomic E-state index is 12.5. The fourth-order valence-electron chi connectivity index (χ4n) is 3.35. The van der Waals surface area contributed by atoms with Crippen LogP contribution in [0.25, 0.3) is 0 Å². The van der Waals surface area contributed by atoms with Gasteiger partial charge in [0.05, 0.1) is 12.0 Å². The maximum absolute atomic E-state index is 12.5. The number of rotatable bonds is 9. The van der Waals surface area contributed by atoms with Crippen molar-refractivity contribution in [3.05, 3.63) is 23.8 Å². The van der Waals surface area contributed by atoms with Crippen LogP contribution in [-0.4, -0.2) is 29.1 Å². The monoisotopic (exact) mass is 336 g/mol. The smallest absolute Gasteiger partial charge is 0.312 e. The summed E-state index contributed by atoms with van der Waals surface area (Å²) in [6.45, 7) is 15.3. The number of Topliss-reactive ketones (excluding diaryl/α,β-unsaturated/α-hetero) is 1. The van der Waals surface area contributed by atoms with Crippen molar-refractivity contribution in [2.45, 2.75) is 66.6 Å². The molecule has 24 heavy (non-hydrogen) atoms. The molecule has 0 aliphatic carbocycles. The van der Waals surface area contributed by atoms with Crippen molar-refractivity contribution < 1.29 is 19.4 Å². The first-order chi connectivity index (χ1) is 11.1. The Labute approximate surface area is 146 Å². The molecule has 1 aliphatic heterocycles. The van der Waals surface area contributed by atoms with Gasteiger partial charge in [0.25, 0.3) is 0 Å². The van der Waals surface area contributed by atoms with E-state index in [4.69, 9.17) is 4.74 Å². The third-order valence-electron chi connectivity index (χ3n) is 5.10. The lowest BCUT2D eigenvalue weighted by Gasteiger charge is -2.37. The van der Waals surface area contributed by atoms with Crippen LogP contribution in [0.5, 0.6) is 0 Å². The fraction of sp³-hybridized carbons (Fsp3) is 0.700. The Morgan fingerprint density at radius 1 is 1.38 bits per heavy atom. The van der Waals surface area contributed by atoms with Gasteiger partial charge in [-0.2, -0.15) is 0 Å². The Morgan fingerprint density at radius 2 is 1.96 bits per heavy atom. The zero-order valence-electron chi connectivity index (χ0n) is 15.8. The second-order valence-corrected chi connectivity index (χ2v) is 7.32. The summed E-state index contributed by atoms with van der Waals surface area (Å²) in [4.78, 5) is 23.7. The average Bonchev–Trinajstić information content (AvgIpc) is 2.55. The maximum Gasteiger partial charge on any atom is 0.312 e. The van der Waals surface area contributed by atoms with Crippen LogP contribution in [0.4, 0.5) is 0 Å². The summed E-state index contributed by atoms with van der Waals surface area (Å²) >= 11 is 0. The van der Waals surface area contributed by atoms with E-state index in [0.29, 0.717) is 12.0 Å². The van der Waals surface area contributed by atoms with Crippen molar-refractivity contribution in [1.29, 1.82) is 0 Å². The number of hydrogen-bond donors (Lipinski definition) is 1. The van der Waals surface area contributed by atoms with Crippen LogP contribution in [0.2, 0.25) is 0 Å². The minimum absolute atomic E-state index is 0.0209. The summed E-state index contributed by atoms with van der Waals surface area (Å²) in [6.07, 6.45) is 2.60. The van der Waals surface area contributed by atoms with Crippen molar-refractivity contribution in [2.24, 2.45) is 23.7 Å². The molecular formula is C20H32O4. The van der Waals surface area contributed by atoms with E-state index in [-0.39, 0.29) is 35.6 Å². The zero-order valence-corrected chi connectivity index (χ0v) is 15.8. The Hall–Kier alpha value is -1.42. The number of allylic oxidation sites excluding steroid dienone is 2. The van der Waals surface area contributed by atoms with Gasteiger partial charge in [-0.3, -0.25) is 9.59 Å². The number of aliphatic hydroxyl groups excluding tert-OH is 1. The summed E-state index contributed by atoms with van der Waals surface area (Å²) in [7, 11) is 0. The first-order valence-corrected chi connectivity index (χ1v) is 8.87. The minimum Gasteiger partial charge on any atom is -0.461 e. The van der Waals surface area contributed by atoms with E-state index in [1.807, 2.05) is 33.8 Å². The predicted octanol–water partition coefficient (Wildman–Crippen LogP) is 3.69. The highest BCUT2D eigenvalue weighted by molar-refractivity contribution is 5.85. The summed E-state index contributed by atoms with van der Waals surface area (Å²) in [5.74, 6) is -0.626. The molecule has 0 aromatic rings. The summed E-state index contributed by atoms with van der Waals surface area (Å²) in [5.41, 5.74) is 1.80. The van der Waals surface area contributed by atoms with Crippen LogP contribution in [0.15, 0.2) is 23.8 Å². The molecule has 0 radical (unpaired) electrons. The molecule has 0 spiro atoms. The van der Waals surface area contributed by atoms with E-state index in [2.05, 4.69) is 13.5 Å². The molecule has 1 heterocycles. The largest absolute Gasteiger partial charge is 0.461 e. The highest BCUT2D eigenvalue weighted by atomic mass is 16.6. The van der Waals surface area contributed by atoms with Gasteiger partial charge in [0, 0.05) is 11.8 Å². The number of ether oxygens (including phenoxy) is 1. The molecule has 4 heteroatoms. The van der Waals surface area contributed by atoms with Crippen LogP contribution in [0, 0.1) is 23.7 Å². The van der Waals surface area contributed by atoms with Crippen LogP contribution < -0.4 is 0 Å². The molecule has 1 fully saturated rings. The standard InChI is InChI=1S/C20H32O4/c1-8-12(3)17(21)15(6)18(22)13(4)9-11(2)10-14(5)19-16(7)20(23)24-19/h9,13-17,19,21H,3,8,10H2,1-2,4-7H3/b11-9+/t13-,14+,15+,16+,17-,19+/m1/s1. The van der Waals surface area contributed by atoms with E-state index in [1.165, 1.54) is 0 Å². The first kappa shape index (κ1) is 20.6. The molecule has 1 N–H and O–H groups in total. The number of esters is 1. The lowest BCUT2D eigenvalue weighted by Crippen LogP contribution is -2.47. The van der Waals surface area contributed by atoms with E-state index < -0.39 is 12.0 Å². The second-order valence-electron chi connectivity index (χ2n) is 7.32. The number of hydrogen-bond acceptors (Lipinski definition) is 4. The Balaban J connectivity index is 2.61. The number of carbonyl (C=O) groups is 2. The lowest BCUT2D eigenvalue weighted by molar-refractivity contribution is -0.188.